The first-order valence-corrected chi connectivity index (χ1v) is 10.4. The molecule has 1 saturated heterocycles. The van der Waals surface area contributed by atoms with E-state index in [0.29, 0.717) is 57.0 Å². The van der Waals surface area contributed by atoms with Gasteiger partial charge in [0, 0.05) is 44.7 Å². The van der Waals surface area contributed by atoms with E-state index < -0.39 is 11.7 Å². The van der Waals surface area contributed by atoms with Crippen LogP contribution in [0.5, 0.6) is 0 Å². The lowest BCUT2D eigenvalue weighted by atomic mass is 9.97. The van der Waals surface area contributed by atoms with Gasteiger partial charge in [-0.2, -0.15) is 5.10 Å². The minimum atomic E-state index is -0.486. The predicted molar refractivity (Wildman–Crippen MR) is 108 cm³/mol. The van der Waals surface area contributed by atoms with Gasteiger partial charge in [-0.3, -0.25) is 14.2 Å². The van der Waals surface area contributed by atoms with Gasteiger partial charge in [0.1, 0.15) is 11.6 Å². The molecule has 2 aromatic rings. The second-order valence-electron chi connectivity index (χ2n) is 7.71. The van der Waals surface area contributed by atoms with Crippen LogP contribution in [0, 0.1) is 5.82 Å². The molecule has 10 heteroatoms. The lowest BCUT2D eigenvalue weighted by Crippen LogP contribution is -2.51. The van der Waals surface area contributed by atoms with Crippen LogP contribution in [0.2, 0.25) is 5.02 Å². The molecule has 0 radical (unpaired) electrons. The van der Waals surface area contributed by atoms with E-state index in [1.165, 1.54) is 29.8 Å². The van der Waals surface area contributed by atoms with Crippen LogP contribution >= 0.6 is 11.6 Å². The highest BCUT2D eigenvalue weighted by molar-refractivity contribution is 6.31. The molecule has 0 N–H and O–H groups in total. The van der Waals surface area contributed by atoms with Crippen LogP contribution in [0.15, 0.2) is 23.0 Å². The quantitative estimate of drug-likeness (QED) is 0.731. The largest absolute Gasteiger partial charge is 0.346 e. The Labute approximate surface area is 177 Å². The van der Waals surface area contributed by atoms with Crippen molar-refractivity contribution < 1.29 is 14.0 Å². The molecule has 0 aliphatic carbocycles. The Morgan fingerprint density at radius 2 is 1.87 bits per heavy atom. The summed E-state index contributed by atoms with van der Waals surface area (Å²) in [5, 5.41) is 4.68. The molecule has 0 saturated carbocycles. The maximum Gasteiger partial charge on any atom is 0.346 e. The highest BCUT2D eigenvalue weighted by Gasteiger charge is 2.35. The van der Waals surface area contributed by atoms with E-state index in [4.69, 9.17) is 11.6 Å². The minimum Gasteiger partial charge on any atom is -0.339 e. The van der Waals surface area contributed by atoms with E-state index >= 15 is 0 Å². The summed E-state index contributed by atoms with van der Waals surface area (Å²) in [6.07, 6.45) is 1.33. The summed E-state index contributed by atoms with van der Waals surface area (Å²) in [6, 6.07) is 4.01. The second-order valence-corrected chi connectivity index (χ2v) is 8.12. The highest BCUT2D eigenvalue weighted by Crippen LogP contribution is 2.27. The maximum absolute atomic E-state index is 13.3. The Balaban J connectivity index is 1.56. The van der Waals surface area contributed by atoms with Crippen LogP contribution in [0.4, 0.5) is 4.39 Å². The van der Waals surface area contributed by atoms with Crippen molar-refractivity contribution in [2.24, 2.45) is 0 Å². The van der Waals surface area contributed by atoms with E-state index in [1.54, 1.807) is 14.4 Å². The molecule has 0 bridgehead atoms. The lowest BCUT2D eigenvalue weighted by Gasteiger charge is -2.36. The number of amides is 2. The summed E-state index contributed by atoms with van der Waals surface area (Å²) in [5.41, 5.74) is 0.281. The Kier molecular flexibility index (Phi) is 5.64. The molecule has 4 rings (SSSR count). The fraction of sp³-hybridized carbons (Fsp3) is 0.500. The normalized spacial score (nSPS) is 19.0. The van der Waals surface area contributed by atoms with Crippen molar-refractivity contribution in [1.82, 2.24) is 24.1 Å². The molecule has 3 heterocycles. The van der Waals surface area contributed by atoms with Crippen LogP contribution in [0.1, 0.15) is 37.1 Å². The van der Waals surface area contributed by atoms with Crippen LogP contribution in [0.25, 0.3) is 0 Å². The first kappa shape index (κ1) is 20.6. The molecule has 2 aliphatic heterocycles. The summed E-state index contributed by atoms with van der Waals surface area (Å²) in [6.45, 7) is 4.12. The molecule has 8 nitrogen and oxygen atoms in total. The van der Waals surface area contributed by atoms with E-state index in [1.807, 2.05) is 0 Å². The van der Waals surface area contributed by atoms with Crippen molar-refractivity contribution >= 4 is 23.4 Å². The van der Waals surface area contributed by atoms with Crippen molar-refractivity contribution in [3.05, 3.63) is 50.9 Å². The van der Waals surface area contributed by atoms with Crippen molar-refractivity contribution in [2.75, 3.05) is 26.2 Å². The van der Waals surface area contributed by atoms with E-state index in [-0.39, 0.29) is 29.1 Å². The SMILES string of the molecule is CC(=O)N1CCN(C(=O)C2CCCn3c2nn(Cc2ccc(F)cc2Cl)c3=O)CC1. The number of benzene rings is 1. The zero-order chi connectivity index (χ0) is 21.4. The van der Waals surface area contributed by atoms with Gasteiger partial charge in [-0.1, -0.05) is 17.7 Å². The number of fused-ring (bicyclic) bond motifs is 1. The Hall–Kier alpha value is -2.68. The number of carbonyl (C=O) groups is 2. The third-order valence-electron chi connectivity index (χ3n) is 5.81. The summed E-state index contributed by atoms with van der Waals surface area (Å²) >= 11 is 6.09. The van der Waals surface area contributed by atoms with Gasteiger partial charge in [0.2, 0.25) is 11.8 Å². The zero-order valence-electron chi connectivity index (χ0n) is 16.7. The number of aromatic nitrogens is 3. The number of piperazine rings is 1. The average molecular weight is 436 g/mol. The number of hydrogen-bond donors (Lipinski definition) is 0. The molecule has 2 aliphatic rings. The highest BCUT2D eigenvalue weighted by atomic mass is 35.5. The molecule has 1 aromatic carbocycles. The Morgan fingerprint density at radius 3 is 2.53 bits per heavy atom. The van der Waals surface area contributed by atoms with Gasteiger partial charge in [-0.15, -0.1) is 0 Å². The van der Waals surface area contributed by atoms with E-state index in [0.717, 1.165) is 0 Å². The van der Waals surface area contributed by atoms with E-state index in [2.05, 4.69) is 5.10 Å². The number of halogens is 2. The van der Waals surface area contributed by atoms with Crippen LogP contribution in [-0.2, 0) is 22.7 Å². The van der Waals surface area contributed by atoms with Gasteiger partial charge in [0.25, 0.3) is 0 Å². The van der Waals surface area contributed by atoms with Gasteiger partial charge < -0.3 is 9.80 Å². The molecule has 1 unspecified atom stereocenters. The summed E-state index contributed by atoms with van der Waals surface area (Å²) in [4.78, 5) is 41.0. The molecule has 2 amide bonds. The fourth-order valence-corrected chi connectivity index (χ4v) is 4.35. The molecule has 0 spiro atoms. The van der Waals surface area contributed by atoms with Gasteiger partial charge in [-0.25, -0.2) is 13.9 Å². The first-order chi connectivity index (χ1) is 14.3. The van der Waals surface area contributed by atoms with Gasteiger partial charge in [0.15, 0.2) is 0 Å². The summed E-state index contributed by atoms with van der Waals surface area (Å²) in [5.74, 6) is -0.526. The molecule has 1 aromatic heterocycles. The van der Waals surface area contributed by atoms with Crippen molar-refractivity contribution in [1.29, 1.82) is 0 Å². The number of rotatable bonds is 3. The standard InChI is InChI=1S/C20H23ClFN5O3/c1-13(28)24-7-9-25(10-8-24)19(29)16-3-2-6-26-18(16)23-27(20(26)30)12-14-4-5-15(22)11-17(14)21/h4-5,11,16H,2-3,6-10,12H2,1H3. The molecule has 1 atom stereocenters. The van der Waals surface area contributed by atoms with Gasteiger partial charge in [-0.05, 0) is 30.5 Å². The maximum atomic E-state index is 13.3. The van der Waals surface area contributed by atoms with Crippen LogP contribution in [-0.4, -0.2) is 62.1 Å². The number of nitrogens with zero attached hydrogens (tertiary/aromatic N) is 5. The Morgan fingerprint density at radius 1 is 1.17 bits per heavy atom. The smallest absolute Gasteiger partial charge is 0.339 e. The average Bonchev–Trinajstić information content (AvgIpc) is 3.05. The zero-order valence-corrected chi connectivity index (χ0v) is 17.4. The molecule has 1 fully saturated rings. The van der Waals surface area contributed by atoms with Gasteiger partial charge in [0.05, 0.1) is 12.5 Å². The van der Waals surface area contributed by atoms with Gasteiger partial charge >= 0.3 is 5.69 Å². The van der Waals surface area contributed by atoms with Crippen LogP contribution in [0.3, 0.4) is 0 Å². The third-order valence-corrected chi connectivity index (χ3v) is 6.16. The molecular weight excluding hydrogens is 413 g/mol. The van der Waals surface area contributed by atoms with Crippen LogP contribution < -0.4 is 5.69 Å². The topological polar surface area (TPSA) is 80.4 Å². The predicted octanol–water partition coefficient (Wildman–Crippen LogP) is 1.45. The summed E-state index contributed by atoms with van der Waals surface area (Å²) in [7, 11) is 0. The number of hydrogen-bond acceptors (Lipinski definition) is 4. The molecule has 160 valence electrons. The Bertz CT molecular complexity index is 1040. The van der Waals surface area contributed by atoms with Crippen molar-refractivity contribution in [3.8, 4) is 0 Å². The van der Waals surface area contributed by atoms with Crippen molar-refractivity contribution in [2.45, 2.75) is 38.8 Å². The fourth-order valence-electron chi connectivity index (χ4n) is 4.12. The van der Waals surface area contributed by atoms with E-state index in [9.17, 15) is 18.8 Å². The second kappa shape index (κ2) is 8.22. The minimum absolute atomic E-state index is 0.00630. The third kappa shape index (κ3) is 3.86. The first-order valence-electron chi connectivity index (χ1n) is 10.0. The van der Waals surface area contributed by atoms with Crippen molar-refractivity contribution in [3.63, 3.8) is 0 Å². The summed E-state index contributed by atoms with van der Waals surface area (Å²) < 4.78 is 16.1. The lowest BCUT2D eigenvalue weighted by molar-refractivity contribution is -0.139. The monoisotopic (exact) mass is 435 g/mol. The molecule has 30 heavy (non-hydrogen) atoms. The number of carbonyl (C=O) groups excluding carboxylic acids is 2. The molecular formula is C20H23ClFN5O3.